The number of halogens is 1. The monoisotopic (exact) mass is 481 g/mol. The van der Waals surface area contributed by atoms with Crippen molar-refractivity contribution in [3.05, 3.63) is 70.3 Å². The molecule has 1 N–H and O–H groups in total. The number of allylic oxidation sites excluding steroid dienone is 1. The Kier molecular flexibility index (Phi) is 9.28. The molecule has 0 aliphatic carbocycles. The van der Waals surface area contributed by atoms with Gasteiger partial charge in [-0.2, -0.15) is 9.98 Å². The van der Waals surface area contributed by atoms with E-state index in [1.165, 1.54) is 0 Å². The molecule has 0 unspecified atom stereocenters. The summed E-state index contributed by atoms with van der Waals surface area (Å²) in [5.41, 5.74) is 4.33. The van der Waals surface area contributed by atoms with Crippen molar-refractivity contribution < 1.29 is 14.3 Å². The van der Waals surface area contributed by atoms with E-state index in [0.717, 1.165) is 47.4 Å². The molecule has 6 nitrogen and oxygen atoms in total. The van der Waals surface area contributed by atoms with E-state index >= 15 is 0 Å². The second-order valence-electron chi connectivity index (χ2n) is 8.34. The number of amides is 1. The Balaban J connectivity index is 1.83. The van der Waals surface area contributed by atoms with Gasteiger partial charge in [-0.25, -0.2) is 0 Å². The number of nitrogens with zero attached hydrogens (tertiary/aromatic N) is 2. The molecule has 0 saturated heterocycles. The number of carbonyl (C=O) groups excluding carboxylic acids is 1. The van der Waals surface area contributed by atoms with Gasteiger partial charge in [0.05, 0.1) is 25.1 Å². The molecule has 0 spiro atoms. The first-order valence-corrected chi connectivity index (χ1v) is 12.0. The second-order valence-corrected chi connectivity index (χ2v) is 8.75. The van der Waals surface area contributed by atoms with Gasteiger partial charge in [-0.1, -0.05) is 44.5 Å². The van der Waals surface area contributed by atoms with Crippen LogP contribution >= 0.6 is 11.6 Å². The van der Waals surface area contributed by atoms with Crippen molar-refractivity contribution in [2.45, 2.75) is 46.6 Å². The van der Waals surface area contributed by atoms with Gasteiger partial charge < -0.3 is 14.8 Å². The molecule has 3 rings (SSSR count). The number of nitrogens with one attached hydrogen (secondary N) is 1. The van der Waals surface area contributed by atoms with E-state index in [1.807, 2.05) is 62.4 Å². The minimum Gasteiger partial charge on any atom is -0.494 e. The first-order chi connectivity index (χ1) is 16.4. The standard InChI is InChI=1S/C27H32ClN3O3/c1-5-15-34-21-12-10-20(11-13-21)24-7-6-8-25(31-27(30-24)33-4)22-16-19(9-14-23(22)28)17-29-26(32)18(2)3/h8-14,16,18H,5-7,15,17H2,1-4H3,(H,29,32)/b25-8+,30-24+,31-27+. The molecule has 0 saturated carbocycles. The lowest BCUT2D eigenvalue weighted by atomic mass is 10.0. The van der Waals surface area contributed by atoms with Crippen molar-refractivity contribution in [3.63, 3.8) is 0 Å². The van der Waals surface area contributed by atoms with Gasteiger partial charge in [0.25, 0.3) is 0 Å². The quantitative estimate of drug-likeness (QED) is 0.500. The second kappa shape index (κ2) is 12.4. The van der Waals surface area contributed by atoms with E-state index in [4.69, 9.17) is 21.1 Å². The Hall–Kier alpha value is -3.12. The molecule has 0 radical (unpaired) electrons. The number of rotatable bonds is 8. The molecule has 1 amide bonds. The molecular formula is C27H32ClN3O3. The van der Waals surface area contributed by atoms with Gasteiger partial charge in [0.15, 0.2) is 0 Å². The van der Waals surface area contributed by atoms with Crippen molar-refractivity contribution in [1.29, 1.82) is 0 Å². The fourth-order valence-electron chi connectivity index (χ4n) is 3.40. The molecule has 0 bridgehead atoms. The van der Waals surface area contributed by atoms with Crippen LogP contribution in [0.15, 0.2) is 58.5 Å². The van der Waals surface area contributed by atoms with Crippen molar-refractivity contribution in [2.75, 3.05) is 13.7 Å². The van der Waals surface area contributed by atoms with Crippen LogP contribution in [-0.4, -0.2) is 31.4 Å². The number of ether oxygens (including phenoxy) is 2. The van der Waals surface area contributed by atoms with Crippen LogP contribution in [0.5, 0.6) is 5.75 Å². The van der Waals surface area contributed by atoms with Crippen LogP contribution < -0.4 is 10.1 Å². The zero-order chi connectivity index (χ0) is 24.5. The van der Waals surface area contributed by atoms with Gasteiger partial charge in [-0.05, 0) is 66.8 Å². The summed E-state index contributed by atoms with van der Waals surface area (Å²) >= 11 is 6.52. The molecular weight excluding hydrogens is 450 g/mol. The third kappa shape index (κ3) is 6.94. The Bertz CT molecular complexity index is 1090. The predicted molar refractivity (Wildman–Crippen MR) is 139 cm³/mol. The van der Waals surface area contributed by atoms with E-state index < -0.39 is 0 Å². The zero-order valence-electron chi connectivity index (χ0n) is 20.2. The van der Waals surface area contributed by atoms with Gasteiger partial charge in [0.1, 0.15) is 5.75 Å². The molecule has 34 heavy (non-hydrogen) atoms. The first kappa shape index (κ1) is 25.5. The fourth-order valence-corrected chi connectivity index (χ4v) is 3.61. The van der Waals surface area contributed by atoms with Gasteiger partial charge in [-0.15, -0.1) is 0 Å². The molecule has 7 heteroatoms. The normalized spacial score (nSPS) is 18.5. The lowest BCUT2D eigenvalue weighted by molar-refractivity contribution is -0.124. The number of benzene rings is 2. The highest BCUT2D eigenvalue weighted by Gasteiger charge is 2.15. The summed E-state index contributed by atoms with van der Waals surface area (Å²) in [4.78, 5) is 21.3. The summed E-state index contributed by atoms with van der Waals surface area (Å²) in [6, 6.07) is 13.9. The smallest absolute Gasteiger partial charge is 0.316 e. The van der Waals surface area contributed by atoms with Crippen molar-refractivity contribution in [2.24, 2.45) is 15.9 Å². The van der Waals surface area contributed by atoms with E-state index in [-0.39, 0.29) is 17.8 Å². The van der Waals surface area contributed by atoms with Crippen LogP contribution in [-0.2, 0) is 16.1 Å². The lowest BCUT2D eigenvalue weighted by Gasteiger charge is -2.14. The molecule has 180 valence electrons. The summed E-state index contributed by atoms with van der Waals surface area (Å²) < 4.78 is 11.2. The maximum atomic E-state index is 11.9. The van der Waals surface area contributed by atoms with E-state index in [1.54, 1.807) is 7.11 Å². The van der Waals surface area contributed by atoms with Gasteiger partial charge in [0.2, 0.25) is 5.91 Å². The molecule has 0 atom stereocenters. The average molecular weight is 482 g/mol. The number of hydrogen-bond donors (Lipinski definition) is 1. The summed E-state index contributed by atoms with van der Waals surface area (Å²) in [5, 5.41) is 3.52. The minimum absolute atomic E-state index is 0.00758. The number of methoxy groups -OCH3 is 1. The Morgan fingerprint density at radius 2 is 1.91 bits per heavy atom. The molecule has 2 aromatic carbocycles. The SMILES string of the molecule is CCCOc1ccc(/C2=N/C(OC)=N\C(c3cc(CNC(=O)C(C)C)ccc3Cl)=C\CC2)cc1. The Morgan fingerprint density at radius 1 is 1.15 bits per heavy atom. The highest BCUT2D eigenvalue weighted by Crippen LogP contribution is 2.29. The molecule has 1 aliphatic heterocycles. The minimum atomic E-state index is -0.0684. The van der Waals surface area contributed by atoms with E-state index in [0.29, 0.717) is 23.9 Å². The summed E-state index contributed by atoms with van der Waals surface area (Å²) in [7, 11) is 1.56. The summed E-state index contributed by atoms with van der Waals surface area (Å²) in [6.45, 7) is 6.94. The maximum Gasteiger partial charge on any atom is 0.316 e. The van der Waals surface area contributed by atoms with E-state index in [9.17, 15) is 4.79 Å². The van der Waals surface area contributed by atoms with Crippen LogP contribution in [0.4, 0.5) is 0 Å². The topological polar surface area (TPSA) is 72.3 Å². The van der Waals surface area contributed by atoms with Crippen LogP contribution in [0, 0.1) is 5.92 Å². The summed E-state index contributed by atoms with van der Waals surface area (Å²) in [5.74, 6) is 0.785. The van der Waals surface area contributed by atoms with Gasteiger partial charge in [-0.3, -0.25) is 4.79 Å². The van der Waals surface area contributed by atoms with Crippen molar-refractivity contribution in [3.8, 4) is 5.75 Å². The molecule has 1 aliphatic rings. The molecule has 1 heterocycles. The third-order valence-corrected chi connectivity index (χ3v) is 5.64. The van der Waals surface area contributed by atoms with E-state index in [2.05, 4.69) is 22.2 Å². The van der Waals surface area contributed by atoms with Crippen molar-refractivity contribution in [1.82, 2.24) is 5.32 Å². The number of hydrogen-bond acceptors (Lipinski definition) is 5. The van der Waals surface area contributed by atoms with Crippen molar-refractivity contribution >= 4 is 34.9 Å². The Morgan fingerprint density at radius 3 is 2.59 bits per heavy atom. The van der Waals surface area contributed by atoms with Crippen LogP contribution in [0.1, 0.15) is 56.7 Å². The average Bonchev–Trinajstić information content (AvgIpc) is 2.82. The molecule has 2 aromatic rings. The van der Waals surface area contributed by atoms with Gasteiger partial charge >= 0.3 is 6.02 Å². The molecule has 0 fully saturated rings. The van der Waals surface area contributed by atoms with Crippen LogP contribution in [0.2, 0.25) is 5.02 Å². The number of carbonyl (C=O) groups is 1. The first-order valence-electron chi connectivity index (χ1n) is 11.6. The Labute approximate surface area is 206 Å². The highest BCUT2D eigenvalue weighted by atomic mass is 35.5. The van der Waals surface area contributed by atoms with Crippen LogP contribution in [0.3, 0.4) is 0 Å². The van der Waals surface area contributed by atoms with Gasteiger partial charge in [0, 0.05) is 23.0 Å². The predicted octanol–water partition coefficient (Wildman–Crippen LogP) is 6.03. The van der Waals surface area contributed by atoms with Crippen LogP contribution in [0.25, 0.3) is 5.70 Å². The number of amidine groups is 1. The zero-order valence-corrected chi connectivity index (χ0v) is 21.0. The fraction of sp³-hybridized carbons (Fsp3) is 0.370. The lowest BCUT2D eigenvalue weighted by Crippen LogP contribution is -2.27. The maximum absolute atomic E-state index is 11.9. The summed E-state index contributed by atoms with van der Waals surface area (Å²) in [6.07, 6.45) is 4.48. The highest BCUT2D eigenvalue weighted by molar-refractivity contribution is 6.32. The largest absolute Gasteiger partial charge is 0.494 e. The number of aliphatic imine (C=N–C) groups is 2. The third-order valence-electron chi connectivity index (χ3n) is 5.31. The molecule has 0 aromatic heterocycles.